The number of Topliss-reactive ketones (excluding diaryl/α,β-unsaturated/α-hetero) is 1. The summed E-state index contributed by atoms with van der Waals surface area (Å²) in [5, 5.41) is 1.26. The first kappa shape index (κ1) is 30.7. The molecule has 3 unspecified atom stereocenters. The first-order valence-electron chi connectivity index (χ1n) is 13.5. The summed E-state index contributed by atoms with van der Waals surface area (Å²) in [7, 11) is 2.79. The molecule has 0 saturated carbocycles. The average Bonchev–Trinajstić information content (AvgIpc) is 3.55. The molecule has 0 amide bonds. The SMILES string of the molecule is CC.CC(=O)C#CCCC(C)c1cc(P)c(C)cc1C.CC(C)c1ccc2[nH]c(C3CCCO3)nc2n1. The molecular weight excluding hydrogens is 477 g/mol. The summed E-state index contributed by atoms with van der Waals surface area (Å²) in [5.41, 5.74) is 6.93. The molecule has 1 aromatic carbocycles. The number of benzene rings is 1. The first-order chi connectivity index (χ1) is 17.7. The number of carbonyl (C=O) groups excluding carboxylic acids is 1. The Labute approximate surface area is 225 Å². The first-order valence-corrected chi connectivity index (χ1v) is 14.1. The van der Waals surface area contributed by atoms with Crippen molar-refractivity contribution in [3.05, 3.63) is 52.5 Å². The van der Waals surface area contributed by atoms with E-state index >= 15 is 0 Å². The summed E-state index contributed by atoms with van der Waals surface area (Å²) >= 11 is 0. The standard InChI is InChI=1S/C16H21OP.C13H17N3O.C2H6/c1-11(7-5-6-8-14(4)17)15-10-16(18)13(3)9-12(15)2;1-8(2)9-5-6-10-12(14-9)16-13(15-10)11-4-3-7-17-11;1-2/h9-11H,5,7,18H2,1-4H3;5-6,8,11H,3-4,7H2,1-2H3,(H,14,15,16);1-2H3. The summed E-state index contributed by atoms with van der Waals surface area (Å²) in [4.78, 5) is 23.1. The number of aryl methyl sites for hydroxylation is 2. The van der Waals surface area contributed by atoms with Crippen LogP contribution in [-0.4, -0.2) is 27.3 Å². The van der Waals surface area contributed by atoms with Gasteiger partial charge in [0.15, 0.2) is 5.65 Å². The van der Waals surface area contributed by atoms with Gasteiger partial charge in [-0.05, 0) is 85.0 Å². The highest BCUT2D eigenvalue weighted by atomic mass is 31.0. The zero-order valence-corrected chi connectivity index (χ0v) is 25.0. The van der Waals surface area contributed by atoms with E-state index in [0.717, 1.165) is 55.0 Å². The van der Waals surface area contributed by atoms with Gasteiger partial charge >= 0.3 is 0 Å². The maximum Gasteiger partial charge on any atom is 0.202 e. The number of pyridine rings is 1. The molecule has 37 heavy (non-hydrogen) atoms. The van der Waals surface area contributed by atoms with Crippen LogP contribution in [0.2, 0.25) is 0 Å². The van der Waals surface area contributed by atoms with Crippen LogP contribution in [0, 0.1) is 25.7 Å². The monoisotopic (exact) mass is 521 g/mol. The molecular formula is C31H44N3O2P. The van der Waals surface area contributed by atoms with Gasteiger partial charge in [0.2, 0.25) is 5.78 Å². The molecule has 1 fully saturated rings. The van der Waals surface area contributed by atoms with E-state index in [9.17, 15) is 4.79 Å². The van der Waals surface area contributed by atoms with Crippen molar-refractivity contribution in [2.75, 3.05) is 6.61 Å². The third kappa shape index (κ3) is 9.06. The average molecular weight is 522 g/mol. The van der Waals surface area contributed by atoms with Crippen LogP contribution in [0.1, 0.15) is 113 Å². The minimum Gasteiger partial charge on any atom is -0.370 e. The minimum atomic E-state index is -0.0542. The largest absolute Gasteiger partial charge is 0.370 e. The second kappa shape index (κ2) is 15.0. The summed E-state index contributed by atoms with van der Waals surface area (Å²) < 4.78 is 5.62. The molecule has 0 aliphatic carbocycles. The molecule has 1 aliphatic heterocycles. The molecule has 0 bridgehead atoms. The Kier molecular flexibility index (Phi) is 12.4. The third-order valence-corrected chi connectivity index (χ3v) is 6.99. The maximum atomic E-state index is 10.7. The lowest BCUT2D eigenvalue weighted by Gasteiger charge is -2.15. The lowest BCUT2D eigenvalue weighted by atomic mass is 9.91. The fourth-order valence-corrected chi connectivity index (χ4v) is 4.50. The van der Waals surface area contributed by atoms with Gasteiger partial charge < -0.3 is 9.72 Å². The van der Waals surface area contributed by atoms with Gasteiger partial charge in [0.05, 0.1) is 5.52 Å². The number of hydrogen-bond acceptors (Lipinski definition) is 4. The Morgan fingerprint density at radius 2 is 1.89 bits per heavy atom. The van der Waals surface area contributed by atoms with Crippen LogP contribution in [0.15, 0.2) is 24.3 Å². The molecule has 1 N–H and O–H groups in total. The molecule has 3 heterocycles. The van der Waals surface area contributed by atoms with Gasteiger partial charge in [-0.2, -0.15) is 0 Å². The molecule has 4 rings (SSSR count). The van der Waals surface area contributed by atoms with E-state index in [1.54, 1.807) is 0 Å². The maximum absolute atomic E-state index is 10.7. The van der Waals surface area contributed by atoms with Crippen LogP contribution in [0.5, 0.6) is 0 Å². The van der Waals surface area contributed by atoms with E-state index in [1.807, 2.05) is 13.8 Å². The van der Waals surface area contributed by atoms with Crippen molar-refractivity contribution in [1.29, 1.82) is 0 Å². The Morgan fingerprint density at radius 3 is 2.51 bits per heavy atom. The number of rotatable bonds is 5. The number of ketones is 1. The summed E-state index contributed by atoms with van der Waals surface area (Å²) in [5.74, 6) is 7.30. The molecule has 1 saturated heterocycles. The topological polar surface area (TPSA) is 67.9 Å². The molecule has 0 spiro atoms. The lowest BCUT2D eigenvalue weighted by molar-refractivity contribution is -0.111. The molecule has 2 aromatic heterocycles. The highest BCUT2D eigenvalue weighted by molar-refractivity contribution is 7.27. The van der Waals surface area contributed by atoms with Crippen LogP contribution in [0.3, 0.4) is 0 Å². The van der Waals surface area contributed by atoms with Gasteiger partial charge in [-0.1, -0.05) is 52.7 Å². The fourth-order valence-electron chi connectivity index (χ4n) is 4.24. The van der Waals surface area contributed by atoms with Crippen LogP contribution >= 0.6 is 9.24 Å². The van der Waals surface area contributed by atoms with Crippen molar-refractivity contribution < 1.29 is 9.53 Å². The van der Waals surface area contributed by atoms with Crippen molar-refractivity contribution in [1.82, 2.24) is 15.0 Å². The molecule has 0 radical (unpaired) electrons. The number of nitrogens with one attached hydrogen (secondary N) is 1. The normalized spacial score (nSPS) is 15.2. The lowest BCUT2D eigenvalue weighted by Crippen LogP contribution is -2.05. The van der Waals surface area contributed by atoms with Crippen molar-refractivity contribution in [2.45, 2.75) is 99.0 Å². The highest BCUT2D eigenvalue weighted by Gasteiger charge is 2.21. The van der Waals surface area contributed by atoms with Gasteiger partial charge in [0.25, 0.3) is 0 Å². The van der Waals surface area contributed by atoms with Crippen LogP contribution < -0.4 is 5.30 Å². The number of ether oxygens (including phenoxy) is 1. The minimum absolute atomic E-state index is 0.0542. The highest BCUT2D eigenvalue weighted by Crippen LogP contribution is 2.28. The molecule has 5 nitrogen and oxygen atoms in total. The number of aromatic nitrogens is 3. The van der Waals surface area contributed by atoms with E-state index < -0.39 is 0 Å². The second-order valence-electron chi connectivity index (χ2n) is 9.75. The number of fused-ring (bicyclic) bond motifs is 1. The summed E-state index contributed by atoms with van der Waals surface area (Å²) in [6.07, 6.45) is 4.07. The van der Waals surface area contributed by atoms with Crippen molar-refractivity contribution in [3.8, 4) is 11.8 Å². The number of imidazole rings is 1. The van der Waals surface area contributed by atoms with Gasteiger partial charge in [0, 0.05) is 25.6 Å². The predicted octanol–water partition coefficient (Wildman–Crippen LogP) is 7.24. The van der Waals surface area contributed by atoms with Crippen molar-refractivity contribution >= 4 is 31.5 Å². The Morgan fingerprint density at radius 1 is 1.16 bits per heavy atom. The molecule has 3 aromatic rings. The van der Waals surface area contributed by atoms with Crippen LogP contribution in [0.4, 0.5) is 0 Å². The molecule has 6 heteroatoms. The summed E-state index contributed by atoms with van der Waals surface area (Å²) in [6.45, 7) is 17.1. The Hall–Kier alpha value is -2.54. The Bertz CT molecular complexity index is 1230. The van der Waals surface area contributed by atoms with E-state index in [-0.39, 0.29) is 11.9 Å². The van der Waals surface area contributed by atoms with Gasteiger partial charge in [-0.15, -0.1) is 9.24 Å². The zero-order valence-electron chi connectivity index (χ0n) is 23.9. The fraction of sp³-hybridized carbons (Fsp3) is 0.516. The van der Waals surface area contributed by atoms with Gasteiger partial charge in [-0.3, -0.25) is 4.79 Å². The third-order valence-electron chi connectivity index (χ3n) is 6.36. The number of hydrogen-bond donors (Lipinski definition) is 1. The van der Waals surface area contributed by atoms with E-state index in [1.165, 1.54) is 28.9 Å². The molecule has 3 atom stereocenters. The van der Waals surface area contributed by atoms with E-state index in [2.05, 4.69) is 94.9 Å². The second-order valence-corrected chi connectivity index (χ2v) is 10.4. The van der Waals surface area contributed by atoms with Crippen LogP contribution in [0.25, 0.3) is 11.2 Å². The summed E-state index contributed by atoms with van der Waals surface area (Å²) in [6, 6.07) is 8.60. The quantitative estimate of drug-likeness (QED) is 0.218. The number of H-pyrrole nitrogens is 1. The predicted molar refractivity (Wildman–Crippen MR) is 159 cm³/mol. The van der Waals surface area contributed by atoms with E-state index in [0.29, 0.717) is 11.8 Å². The zero-order chi connectivity index (χ0) is 27.5. The van der Waals surface area contributed by atoms with Gasteiger partial charge in [0.1, 0.15) is 11.9 Å². The van der Waals surface area contributed by atoms with Crippen molar-refractivity contribution in [3.63, 3.8) is 0 Å². The number of aromatic amines is 1. The molecule has 200 valence electrons. The molecule has 1 aliphatic rings. The van der Waals surface area contributed by atoms with E-state index in [4.69, 9.17) is 4.74 Å². The number of carbonyl (C=O) groups is 1. The van der Waals surface area contributed by atoms with Gasteiger partial charge in [-0.25, -0.2) is 9.97 Å². The smallest absolute Gasteiger partial charge is 0.202 e. The number of nitrogens with zero attached hydrogens (tertiary/aromatic N) is 2. The Balaban J connectivity index is 0.000000244. The van der Waals surface area contributed by atoms with Crippen molar-refractivity contribution in [2.24, 2.45) is 0 Å². The van der Waals surface area contributed by atoms with Crippen LogP contribution in [-0.2, 0) is 9.53 Å².